The van der Waals surface area contributed by atoms with Crippen molar-refractivity contribution in [3.05, 3.63) is 60.2 Å². The third kappa shape index (κ3) is 2.84. The van der Waals surface area contributed by atoms with E-state index in [0.29, 0.717) is 11.6 Å². The molecule has 0 unspecified atom stereocenters. The van der Waals surface area contributed by atoms with E-state index in [1.54, 1.807) is 25.3 Å². The summed E-state index contributed by atoms with van der Waals surface area (Å²) in [4.78, 5) is 14.6. The molecule has 0 aliphatic heterocycles. The summed E-state index contributed by atoms with van der Waals surface area (Å²) < 4.78 is 10.8. The summed E-state index contributed by atoms with van der Waals surface area (Å²) in [5.41, 5.74) is 1.20. The number of benzene rings is 1. The van der Waals surface area contributed by atoms with Crippen molar-refractivity contribution in [1.82, 2.24) is 15.2 Å². The van der Waals surface area contributed by atoms with Gasteiger partial charge in [-0.1, -0.05) is 18.2 Å². The van der Waals surface area contributed by atoms with Gasteiger partial charge in [-0.25, -0.2) is 4.79 Å². The number of hydrogen-bond acceptors (Lipinski definition) is 5. The van der Waals surface area contributed by atoms with Gasteiger partial charge in [0.05, 0.1) is 0 Å². The van der Waals surface area contributed by atoms with Crippen LogP contribution in [-0.2, 0) is 4.74 Å². The predicted octanol–water partition coefficient (Wildman–Crippen LogP) is 2.98. The molecule has 0 fully saturated rings. The summed E-state index contributed by atoms with van der Waals surface area (Å²) in [6.07, 6.45) is 1.03. The van der Waals surface area contributed by atoms with Gasteiger partial charge in [0.2, 0.25) is 5.89 Å². The standard InChI is InChI=1S/C15H13N3O3/c1-10(20-15(19)12-8-5-9-16-12)13-17-18-14(21-13)11-6-3-2-4-7-11/h2-10,16H,1H3/t10-/m1/s1. The summed E-state index contributed by atoms with van der Waals surface area (Å²) in [5.74, 6) is 0.189. The predicted molar refractivity (Wildman–Crippen MR) is 74.4 cm³/mol. The Bertz CT molecular complexity index is 720. The van der Waals surface area contributed by atoms with Gasteiger partial charge in [0, 0.05) is 11.8 Å². The molecule has 0 bridgehead atoms. The molecule has 0 radical (unpaired) electrons. The molecule has 0 saturated heterocycles. The van der Waals surface area contributed by atoms with Gasteiger partial charge in [-0.3, -0.25) is 0 Å². The summed E-state index contributed by atoms with van der Waals surface area (Å²) in [7, 11) is 0. The summed E-state index contributed by atoms with van der Waals surface area (Å²) >= 11 is 0. The minimum absolute atomic E-state index is 0.258. The largest absolute Gasteiger partial charge is 0.448 e. The lowest BCUT2D eigenvalue weighted by atomic mass is 10.2. The Labute approximate surface area is 120 Å². The van der Waals surface area contributed by atoms with Crippen LogP contribution in [0.3, 0.4) is 0 Å². The van der Waals surface area contributed by atoms with Gasteiger partial charge in [0.15, 0.2) is 6.10 Å². The zero-order valence-electron chi connectivity index (χ0n) is 11.3. The average molecular weight is 283 g/mol. The van der Waals surface area contributed by atoms with Crippen molar-refractivity contribution >= 4 is 5.97 Å². The number of nitrogens with zero attached hydrogens (tertiary/aromatic N) is 2. The van der Waals surface area contributed by atoms with Crippen LogP contribution in [-0.4, -0.2) is 21.2 Å². The smallest absolute Gasteiger partial charge is 0.355 e. The van der Waals surface area contributed by atoms with Crippen LogP contribution in [0.15, 0.2) is 53.1 Å². The molecule has 3 aromatic rings. The van der Waals surface area contributed by atoms with Crippen LogP contribution in [0, 0.1) is 0 Å². The number of esters is 1. The molecule has 0 spiro atoms. The number of nitrogens with one attached hydrogen (secondary N) is 1. The Hall–Kier alpha value is -2.89. The van der Waals surface area contributed by atoms with Gasteiger partial charge in [0.1, 0.15) is 5.69 Å². The van der Waals surface area contributed by atoms with E-state index in [9.17, 15) is 4.79 Å². The monoisotopic (exact) mass is 283 g/mol. The number of aromatic nitrogens is 3. The Morgan fingerprint density at radius 2 is 2.00 bits per heavy atom. The van der Waals surface area contributed by atoms with E-state index in [-0.39, 0.29) is 5.89 Å². The van der Waals surface area contributed by atoms with Crippen LogP contribution < -0.4 is 0 Å². The molecule has 0 amide bonds. The van der Waals surface area contributed by atoms with Gasteiger partial charge in [-0.15, -0.1) is 10.2 Å². The first-order valence-corrected chi connectivity index (χ1v) is 6.47. The van der Waals surface area contributed by atoms with Gasteiger partial charge in [0.25, 0.3) is 5.89 Å². The molecular formula is C15H13N3O3. The third-order valence-electron chi connectivity index (χ3n) is 2.91. The highest BCUT2D eigenvalue weighted by molar-refractivity contribution is 5.87. The molecule has 0 aliphatic carbocycles. The molecule has 21 heavy (non-hydrogen) atoms. The van der Waals surface area contributed by atoms with E-state index in [1.807, 2.05) is 30.3 Å². The van der Waals surface area contributed by atoms with Crippen LogP contribution in [0.4, 0.5) is 0 Å². The van der Waals surface area contributed by atoms with E-state index in [1.165, 1.54) is 0 Å². The van der Waals surface area contributed by atoms with Gasteiger partial charge >= 0.3 is 5.97 Å². The fraction of sp³-hybridized carbons (Fsp3) is 0.133. The molecule has 6 nitrogen and oxygen atoms in total. The first kappa shape index (κ1) is 13.1. The topological polar surface area (TPSA) is 81.0 Å². The molecule has 2 heterocycles. The zero-order valence-corrected chi connectivity index (χ0v) is 11.3. The summed E-state index contributed by atoms with van der Waals surface area (Å²) in [6.45, 7) is 1.68. The van der Waals surface area contributed by atoms with Crippen LogP contribution in [0.1, 0.15) is 29.4 Å². The highest BCUT2D eigenvalue weighted by Gasteiger charge is 2.20. The first-order valence-electron chi connectivity index (χ1n) is 6.47. The number of H-pyrrole nitrogens is 1. The van der Waals surface area contributed by atoms with Crippen LogP contribution in [0.2, 0.25) is 0 Å². The van der Waals surface area contributed by atoms with Gasteiger partial charge in [-0.2, -0.15) is 0 Å². The van der Waals surface area contributed by atoms with Crippen molar-refractivity contribution in [3.63, 3.8) is 0 Å². The summed E-state index contributed by atoms with van der Waals surface area (Å²) in [5, 5.41) is 7.88. The Morgan fingerprint density at radius 1 is 1.19 bits per heavy atom. The Balaban J connectivity index is 1.73. The average Bonchev–Trinajstić information content (AvgIpc) is 3.20. The molecular weight excluding hydrogens is 270 g/mol. The third-order valence-corrected chi connectivity index (χ3v) is 2.91. The molecule has 1 atom stereocenters. The molecule has 3 rings (SSSR count). The second kappa shape index (κ2) is 5.62. The lowest BCUT2D eigenvalue weighted by Gasteiger charge is -2.07. The number of hydrogen-bond donors (Lipinski definition) is 1. The highest BCUT2D eigenvalue weighted by Crippen LogP contribution is 2.22. The second-order valence-corrected chi connectivity index (χ2v) is 4.44. The molecule has 0 aliphatic rings. The fourth-order valence-electron chi connectivity index (χ4n) is 1.83. The van der Waals surface area contributed by atoms with Gasteiger partial charge < -0.3 is 14.1 Å². The minimum Gasteiger partial charge on any atom is -0.448 e. The number of carbonyl (C=O) groups excluding carboxylic acids is 1. The van der Waals surface area contributed by atoms with E-state index in [2.05, 4.69) is 15.2 Å². The van der Waals surface area contributed by atoms with Crippen molar-refractivity contribution in [3.8, 4) is 11.5 Å². The number of carbonyl (C=O) groups is 1. The molecule has 6 heteroatoms. The quantitative estimate of drug-likeness (QED) is 0.744. The van der Waals surface area contributed by atoms with E-state index < -0.39 is 12.1 Å². The molecule has 0 saturated carbocycles. The van der Waals surface area contributed by atoms with Crippen LogP contribution in [0.25, 0.3) is 11.5 Å². The molecule has 2 aromatic heterocycles. The van der Waals surface area contributed by atoms with Crippen molar-refractivity contribution < 1.29 is 13.9 Å². The Morgan fingerprint density at radius 3 is 2.71 bits per heavy atom. The lowest BCUT2D eigenvalue weighted by Crippen LogP contribution is -2.09. The summed E-state index contributed by atoms with van der Waals surface area (Å²) in [6, 6.07) is 12.8. The maximum absolute atomic E-state index is 11.8. The second-order valence-electron chi connectivity index (χ2n) is 4.44. The highest BCUT2D eigenvalue weighted by atomic mass is 16.6. The lowest BCUT2D eigenvalue weighted by molar-refractivity contribution is 0.0274. The minimum atomic E-state index is -0.620. The number of rotatable bonds is 4. The normalized spacial score (nSPS) is 12.0. The van der Waals surface area contributed by atoms with Crippen molar-refractivity contribution in [2.24, 2.45) is 0 Å². The molecule has 1 aromatic carbocycles. The van der Waals surface area contributed by atoms with Gasteiger partial charge in [-0.05, 0) is 31.2 Å². The van der Waals surface area contributed by atoms with Crippen molar-refractivity contribution in [2.45, 2.75) is 13.0 Å². The maximum Gasteiger partial charge on any atom is 0.355 e. The van der Waals surface area contributed by atoms with Crippen LogP contribution >= 0.6 is 0 Å². The van der Waals surface area contributed by atoms with E-state index >= 15 is 0 Å². The van der Waals surface area contributed by atoms with Crippen molar-refractivity contribution in [1.29, 1.82) is 0 Å². The first-order chi connectivity index (χ1) is 10.2. The fourth-order valence-corrected chi connectivity index (χ4v) is 1.83. The number of ether oxygens (including phenoxy) is 1. The maximum atomic E-state index is 11.8. The van der Waals surface area contributed by atoms with Crippen molar-refractivity contribution in [2.75, 3.05) is 0 Å². The van der Waals surface area contributed by atoms with E-state index in [4.69, 9.17) is 9.15 Å². The Kier molecular flexibility index (Phi) is 3.51. The molecule has 1 N–H and O–H groups in total. The number of aromatic amines is 1. The zero-order chi connectivity index (χ0) is 14.7. The molecule has 106 valence electrons. The van der Waals surface area contributed by atoms with Crippen LogP contribution in [0.5, 0.6) is 0 Å². The van der Waals surface area contributed by atoms with E-state index in [0.717, 1.165) is 5.56 Å². The SMILES string of the molecule is C[C@@H](OC(=O)c1ccc[nH]1)c1nnc(-c2ccccc2)o1.